The van der Waals surface area contributed by atoms with Crippen LogP contribution in [0.25, 0.3) is 5.65 Å². The summed E-state index contributed by atoms with van der Waals surface area (Å²) in [4.78, 5) is 4.97. The van der Waals surface area contributed by atoms with Crippen molar-refractivity contribution in [2.45, 2.75) is 44.4 Å². The predicted molar refractivity (Wildman–Crippen MR) is 93.2 cm³/mol. The van der Waals surface area contributed by atoms with Crippen LogP contribution in [0.2, 0.25) is 5.02 Å². The van der Waals surface area contributed by atoms with E-state index in [9.17, 15) is 0 Å². The maximum Gasteiger partial charge on any atom is 0.137 e. The minimum atomic E-state index is 0.612. The van der Waals surface area contributed by atoms with Crippen LogP contribution in [-0.4, -0.2) is 9.38 Å². The summed E-state index contributed by atoms with van der Waals surface area (Å²) in [5.41, 5.74) is 5.01. The molecule has 0 bridgehead atoms. The Morgan fingerprint density at radius 3 is 2.82 bits per heavy atom. The Kier molecular flexibility index (Phi) is 3.93. The molecule has 4 rings (SSSR count). The van der Waals surface area contributed by atoms with Crippen molar-refractivity contribution in [1.29, 1.82) is 0 Å². The molecule has 0 atom stereocenters. The zero-order chi connectivity index (χ0) is 14.9. The van der Waals surface area contributed by atoms with Gasteiger partial charge in [0.1, 0.15) is 5.65 Å². The molecule has 1 aliphatic carbocycles. The van der Waals surface area contributed by atoms with Crippen LogP contribution in [0.15, 0.2) is 35.2 Å². The monoisotopic (exact) mass is 330 g/mol. The number of thiophene rings is 1. The normalized spacial score (nSPS) is 16.4. The van der Waals surface area contributed by atoms with E-state index in [4.69, 9.17) is 16.6 Å². The predicted octanol–water partition coefficient (Wildman–Crippen LogP) is 5.69. The number of hydrogen-bond acceptors (Lipinski definition) is 2. The van der Waals surface area contributed by atoms with Gasteiger partial charge in [-0.05, 0) is 47.4 Å². The molecule has 0 aliphatic heterocycles. The van der Waals surface area contributed by atoms with Gasteiger partial charge in [-0.1, -0.05) is 30.9 Å². The number of rotatable bonds is 3. The Balaban J connectivity index is 1.82. The second kappa shape index (κ2) is 6.05. The van der Waals surface area contributed by atoms with Crippen molar-refractivity contribution in [2.24, 2.45) is 0 Å². The molecular formula is C18H19ClN2S. The lowest BCUT2D eigenvalue weighted by Crippen LogP contribution is -2.08. The van der Waals surface area contributed by atoms with E-state index in [-0.39, 0.29) is 0 Å². The average Bonchev–Trinajstić information content (AvgIpc) is 3.17. The van der Waals surface area contributed by atoms with E-state index in [1.54, 1.807) is 11.3 Å². The highest BCUT2D eigenvalue weighted by atomic mass is 35.5. The molecule has 1 fully saturated rings. The third kappa shape index (κ3) is 2.68. The molecule has 0 aromatic carbocycles. The molecule has 0 unspecified atom stereocenters. The second-order valence-corrected chi connectivity index (χ2v) is 7.38. The summed E-state index contributed by atoms with van der Waals surface area (Å²) in [6.45, 7) is 0. The minimum absolute atomic E-state index is 0.612. The summed E-state index contributed by atoms with van der Waals surface area (Å²) in [6, 6.07) is 6.17. The van der Waals surface area contributed by atoms with Gasteiger partial charge < -0.3 is 4.40 Å². The van der Waals surface area contributed by atoms with Crippen LogP contribution < -0.4 is 0 Å². The second-order valence-electron chi connectivity index (χ2n) is 6.16. The number of aromatic nitrogens is 2. The third-order valence-corrected chi connectivity index (χ3v) is 5.61. The van der Waals surface area contributed by atoms with Crippen molar-refractivity contribution in [2.75, 3.05) is 0 Å². The van der Waals surface area contributed by atoms with E-state index in [0.717, 1.165) is 17.1 Å². The first-order valence-electron chi connectivity index (χ1n) is 7.99. The lowest BCUT2D eigenvalue weighted by Gasteiger charge is -2.21. The molecular weight excluding hydrogens is 312 g/mol. The highest BCUT2D eigenvalue weighted by Crippen LogP contribution is 2.35. The molecule has 1 saturated carbocycles. The van der Waals surface area contributed by atoms with Gasteiger partial charge in [0, 0.05) is 18.5 Å². The van der Waals surface area contributed by atoms with E-state index in [0.29, 0.717) is 5.92 Å². The third-order valence-electron chi connectivity index (χ3n) is 4.66. The number of fused-ring (bicyclic) bond motifs is 1. The first-order valence-corrected chi connectivity index (χ1v) is 9.31. The molecule has 0 radical (unpaired) electrons. The Morgan fingerprint density at radius 1 is 1.18 bits per heavy atom. The minimum Gasteiger partial charge on any atom is -0.302 e. The number of nitrogens with zero attached hydrogens (tertiary/aromatic N) is 2. The largest absolute Gasteiger partial charge is 0.302 e. The zero-order valence-corrected chi connectivity index (χ0v) is 14.0. The highest BCUT2D eigenvalue weighted by Gasteiger charge is 2.23. The van der Waals surface area contributed by atoms with Gasteiger partial charge in [0.25, 0.3) is 0 Å². The number of pyridine rings is 1. The molecule has 114 valence electrons. The number of halogens is 1. The van der Waals surface area contributed by atoms with Crippen molar-refractivity contribution in [3.63, 3.8) is 0 Å². The van der Waals surface area contributed by atoms with Crippen LogP contribution >= 0.6 is 22.9 Å². The van der Waals surface area contributed by atoms with E-state index in [2.05, 4.69) is 21.2 Å². The maximum absolute atomic E-state index is 6.22. The fraction of sp³-hybridized carbons (Fsp3) is 0.389. The first kappa shape index (κ1) is 14.3. The molecule has 3 heterocycles. The van der Waals surface area contributed by atoms with Crippen molar-refractivity contribution < 1.29 is 0 Å². The fourth-order valence-corrected chi connectivity index (χ4v) is 4.38. The summed E-state index contributed by atoms with van der Waals surface area (Å²) < 4.78 is 2.20. The van der Waals surface area contributed by atoms with Crippen LogP contribution in [0.5, 0.6) is 0 Å². The Hall–Kier alpha value is -1.32. The van der Waals surface area contributed by atoms with Crippen molar-refractivity contribution in [1.82, 2.24) is 9.38 Å². The molecule has 1 aliphatic rings. The molecule has 0 saturated heterocycles. The zero-order valence-electron chi connectivity index (χ0n) is 12.5. The maximum atomic E-state index is 6.22. The fourth-order valence-electron chi connectivity index (χ4n) is 3.55. The van der Waals surface area contributed by atoms with Crippen LogP contribution in [-0.2, 0) is 6.42 Å². The van der Waals surface area contributed by atoms with Gasteiger partial charge in [0.2, 0.25) is 0 Å². The van der Waals surface area contributed by atoms with Crippen molar-refractivity contribution >= 4 is 28.6 Å². The van der Waals surface area contributed by atoms with Crippen LogP contribution in [0.4, 0.5) is 0 Å². The lowest BCUT2D eigenvalue weighted by atomic mass is 9.85. The Bertz CT molecular complexity index is 770. The SMILES string of the molecule is Clc1ccc2nc(C3CCCCC3)c(Cc3ccsc3)n2c1. The van der Waals surface area contributed by atoms with E-state index in [1.165, 1.54) is 49.1 Å². The van der Waals surface area contributed by atoms with Gasteiger partial charge in [0.15, 0.2) is 0 Å². The lowest BCUT2D eigenvalue weighted by molar-refractivity contribution is 0.436. The Labute approximate surface area is 139 Å². The van der Waals surface area contributed by atoms with E-state index >= 15 is 0 Å². The van der Waals surface area contributed by atoms with Crippen LogP contribution in [0.1, 0.15) is 55.0 Å². The number of hydrogen-bond donors (Lipinski definition) is 0. The molecule has 3 aromatic heterocycles. The van der Waals surface area contributed by atoms with Gasteiger partial charge in [-0.25, -0.2) is 4.98 Å². The quantitative estimate of drug-likeness (QED) is 0.603. The summed E-state index contributed by atoms with van der Waals surface area (Å²) >= 11 is 7.98. The molecule has 22 heavy (non-hydrogen) atoms. The summed E-state index contributed by atoms with van der Waals surface area (Å²) in [6.07, 6.45) is 9.53. The molecule has 0 N–H and O–H groups in total. The van der Waals surface area contributed by atoms with E-state index in [1.807, 2.05) is 18.3 Å². The first-order chi connectivity index (χ1) is 10.8. The number of imidazole rings is 1. The summed E-state index contributed by atoms with van der Waals surface area (Å²) in [5.74, 6) is 0.612. The van der Waals surface area contributed by atoms with Crippen LogP contribution in [0.3, 0.4) is 0 Å². The van der Waals surface area contributed by atoms with Gasteiger partial charge in [-0.2, -0.15) is 11.3 Å². The van der Waals surface area contributed by atoms with Crippen LogP contribution in [0, 0.1) is 0 Å². The molecule has 0 spiro atoms. The average molecular weight is 331 g/mol. The summed E-state index contributed by atoms with van der Waals surface area (Å²) in [5, 5.41) is 5.15. The van der Waals surface area contributed by atoms with Crippen molar-refractivity contribution in [3.8, 4) is 0 Å². The molecule has 2 nitrogen and oxygen atoms in total. The molecule has 0 amide bonds. The summed E-state index contributed by atoms with van der Waals surface area (Å²) in [7, 11) is 0. The molecule has 4 heteroatoms. The van der Waals surface area contributed by atoms with E-state index < -0.39 is 0 Å². The van der Waals surface area contributed by atoms with Gasteiger partial charge in [0.05, 0.1) is 16.4 Å². The Morgan fingerprint density at radius 2 is 2.05 bits per heavy atom. The van der Waals surface area contributed by atoms with Gasteiger partial charge >= 0.3 is 0 Å². The highest BCUT2D eigenvalue weighted by molar-refractivity contribution is 7.07. The topological polar surface area (TPSA) is 17.3 Å². The standard InChI is InChI=1S/C18H19ClN2S/c19-15-6-7-17-20-18(14-4-2-1-3-5-14)16(21(17)11-15)10-13-8-9-22-12-13/h6-9,11-12,14H,1-5,10H2. The molecule has 3 aromatic rings. The smallest absolute Gasteiger partial charge is 0.137 e. The van der Waals surface area contributed by atoms with Gasteiger partial charge in [-0.15, -0.1) is 0 Å². The van der Waals surface area contributed by atoms with Gasteiger partial charge in [-0.3, -0.25) is 0 Å². The van der Waals surface area contributed by atoms with Crippen molar-refractivity contribution in [3.05, 3.63) is 57.1 Å².